The minimum absolute atomic E-state index is 0.194. The predicted octanol–water partition coefficient (Wildman–Crippen LogP) is 3.07. The summed E-state index contributed by atoms with van der Waals surface area (Å²) in [4.78, 5) is 30.8. The smallest absolute Gasteiger partial charge is 0.223 e. The molecule has 2 amide bonds. The maximum absolute atomic E-state index is 12.4. The molecular weight excluding hydrogens is 362 g/mol. The van der Waals surface area contributed by atoms with Crippen molar-refractivity contribution in [1.82, 2.24) is 14.7 Å². The Labute approximate surface area is 168 Å². The van der Waals surface area contributed by atoms with Gasteiger partial charge in [0.2, 0.25) is 11.8 Å². The first kappa shape index (κ1) is 21.7. The number of halogens is 1. The molecule has 0 bridgehead atoms. The van der Waals surface area contributed by atoms with Gasteiger partial charge in [-0.15, -0.1) is 0 Å². The zero-order valence-corrected chi connectivity index (χ0v) is 17.4. The van der Waals surface area contributed by atoms with Crippen LogP contribution in [0, 0.1) is 0 Å². The van der Waals surface area contributed by atoms with Gasteiger partial charge in [-0.3, -0.25) is 9.59 Å². The number of piperazine rings is 1. The second-order valence-electron chi connectivity index (χ2n) is 7.02. The van der Waals surface area contributed by atoms with E-state index >= 15 is 0 Å². The highest BCUT2D eigenvalue weighted by Gasteiger charge is 2.23. The number of carbonyl (C=O) groups is 2. The van der Waals surface area contributed by atoms with E-state index in [1.165, 1.54) is 5.56 Å². The van der Waals surface area contributed by atoms with Gasteiger partial charge < -0.3 is 14.7 Å². The van der Waals surface area contributed by atoms with Gasteiger partial charge in [-0.05, 0) is 43.6 Å². The SMILES string of the molecule is CCN(CC)CCC(=O)N1CCN(C(=O)CCCc2ccc(Cl)cc2)CC1. The molecule has 6 heteroatoms. The highest BCUT2D eigenvalue weighted by molar-refractivity contribution is 6.30. The van der Waals surface area contributed by atoms with Gasteiger partial charge in [-0.1, -0.05) is 37.6 Å². The van der Waals surface area contributed by atoms with Gasteiger partial charge in [0.15, 0.2) is 0 Å². The van der Waals surface area contributed by atoms with Crippen molar-refractivity contribution in [2.24, 2.45) is 0 Å². The van der Waals surface area contributed by atoms with Gasteiger partial charge in [0, 0.05) is 50.6 Å². The van der Waals surface area contributed by atoms with Crippen LogP contribution < -0.4 is 0 Å². The fourth-order valence-electron chi connectivity index (χ4n) is 3.41. The Balaban J connectivity index is 1.66. The molecule has 1 aromatic rings. The molecule has 1 fully saturated rings. The van der Waals surface area contributed by atoms with Crippen molar-refractivity contribution in [2.45, 2.75) is 39.5 Å². The number of rotatable bonds is 9. The topological polar surface area (TPSA) is 43.9 Å². The number of hydrogen-bond donors (Lipinski definition) is 0. The number of nitrogens with zero attached hydrogens (tertiary/aromatic N) is 3. The zero-order chi connectivity index (χ0) is 19.6. The Morgan fingerprint density at radius 3 is 1.96 bits per heavy atom. The first-order valence-corrected chi connectivity index (χ1v) is 10.4. The van der Waals surface area contributed by atoms with Gasteiger partial charge in [-0.2, -0.15) is 0 Å². The molecule has 0 unspecified atom stereocenters. The molecule has 1 aliphatic heterocycles. The summed E-state index contributed by atoms with van der Waals surface area (Å²) in [7, 11) is 0. The Kier molecular flexibility index (Phi) is 9.08. The lowest BCUT2D eigenvalue weighted by Crippen LogP contribution is -2.51. The predicted molar refractivity (Wildman–Crippen MR) is 110 cm³/mol. The molecule has 150 valence electrons. The van der Waals surface area contributed by atoms with E-state index in [4.69, 9.17) is 11.6 Å². The Bertz CT molecular complexity index is 594. The first-order valence-electron chi connectivity index (χ1n) is 10.1. The van der Waals surface area contributed by atoms with Crippen LogP contribution in [0.3, 0.4) is 0 Å². The van der Waals surface area contributed by atoms with Crippen molar-refractivity contribution >= 4 is 23.4 Å². The van der Waals surface area contributed by atoms with Gasteiger partial charge in [0.05, 0.1) is 0 Å². The van der Waals surface area contributed by atoms with Crippen LogP contribution in [0.5, 0.6) is 0 Å². The third-order valence-electron chi connectivity index (χ3n) is 5.29. The van der Waals surface area contributed by atoms with E-state index in [2.05, 4.69) is 18.7 Å². The number of aryl methyl sites for hydroxylation is 1. The van der Waals surface area contributed by atoms with E-state index in [1.807, 2.05) is 34.1 Å². The van der Waals surface area contributed by atoms with Crippen LogP contribution in [0.1, 0.15) is 38.7 Å². The maximum atomic E-state index is 12.4. The molecule has 1 saturated heterocycles. The van der Waals surface area contributed by atoms with E-state index in [0.29, 0.717) is 39.0 Å². The van der Waals surface area contributed by atoms with Crippen molar-refractivity contribution in [3.8, 4) is 0 Å². The largest absolute Gasteiger partial charge is 0.339 e. The summed E-state index contributed by atoms with van der Waals surface area (Å²) in [5, 5.41) is 0.736. The molecule has 5 nitrogen and oxygen atoms in total. The summed E-state index contributed by atoms with van der Waals surface area (Å²) < 4.78 is 0. The van der Waals surface area contributed by atoms with Gasteiger partial charge in [0.25, 0.3) is 0 Å². The average Bonchev–Trinajstić information content (AvgIpc) is 2.70. The molecule has 0 radical (unpaired) electrons. The van der Waals surface area contributed by atoms with Crippen LogP contribution in [0.15, 0.2) is 24.3 Å². The molecule has 1 aliphatic rings. The van der Waals surface area contributed by atoms with Crippen LogP contribution in [0.25, 0.3) is 0 Å². The monoisotopic (exact) mass is 393 g/mol. The lowest BCUT2D eigenvalue weighted by Gasteiger charge is -2.35. The zero-order valence-electron chi connectivity index (χ0n) is 16.6. The van der Waals surface area contributed by atoms with Crippen LogP contribution >= 0.6 is 11.6 Å². The molecule has 0 aromatic heterocycles. The number of hydrogen-bond acceptors (Lipinski definition) is 3. The summed E-state index contributed by atoms with van der Waals surface area (Å²) in [6, 6.07) is 7.79. The second-order valence-corrected chi connectivity index (χ2v) is 7.45. The fraction of sp³-hybridized carbons (Fsp3) is 0.619. The van der Waals surface area contributed by atoms with Crippen molar-refractivity contribution in [1.29, 1.82) is 0 Å². The maximum Gasteiger partial charge on any atom is 0.223 e. The van der Waals surface area contributed by atoms with E-state index in [0.717, 1.165) is 37.5 Å². The molecule has 0 N–H and O–H groups in total. The molecule has 0 saturated carbocycles. The summed E-state index contributed by atoms with van der Waals surface area (Å²) in [6.45, 7) is 9.60. The number of amides is 2. The second kappa shape index (κ2) is 11.3. The molecule has 1 heterocycles. The number of benzene rings is 1. The summed E-state index contributed by atoms with van der Waals surface area (Å²) in [5.74, 6) is 0.399. The van der Waals surface area contributed by atoms with Gasteiger partial charge in [0.1, 0.15) is 0 Å². The van der Waals surface area contributed by atoms with Crippen molar-refractivity contribution in [2.75, 3.05) is 45.8 Å². The quantitative estimate of drug-likeness (QED) is 0.647. The van der Waals surface area contributed by atoms with Crippen molar-refractivity contribution < 1.29 is 9.59 Å². The Hall–Kier alpha value is -1.59. The molecule has 1 aromatic carbocycles. The molecule has 2 rings (SSSR count). The third kappa shape index (κ3) is 7.15. The molecule has 27 heavy (non-hydrogen) atoms. The fourth-order valence-corrected chi connectivity index (χ4v) is 3.54. The molecule has 0 atom stereocenters. The Morgan fingerprint density at radius 2 is 1.44 bits per heavy atom. The van der Waals surface area contributed by atoms with Crippen LogP contribution in [0.2, 0.25) is 5.02 Å². The molecule has 0 aliphatic carbocycles. The van der Waals surface area contributed by atoms with E-state index in [-0.39, 0.29) is 11.8 Å². The summed E-state index contributed by atoms with van der Waals surface area (Å²) in [5.41, 5.74) is 1.20. The first-order chi connectivity index (χ1) is 13.0. The highest BCUT2D eigenvalue weighted by atomic mass is 35.5. The number of carbonyl (C=O) groups excluding carboxylic acids is 2. The van der Waals surface area contributed by atoms with Gasteiger partial charge in [-0.25, -0.2) is 0 Å². The third-order valence-corrected chi connectivity index (χ3v) is 5.54. The van der Waals surface area contributed by atoms with E-state index < -0.39 is 0 Å². The highest BCUT2D eigenvalue weighted by Crippen LogP contribution is 2.13. The minimum Gasteiger partial charge on any atom is -0.339 e. The van der Waals surface area contributed by atoms with Crippen molar-refractivity contribution in [3.63, 3.8) is 0 Å². The van der Waals surface area contributed by atoms with E-state index in [1.54, 1.807) is 0 Å². The van der Waals surface area contributed by atoms with Crippen LogP contribution in [-0.4, -0.2) is 72.3 Å². The summed E-state index contributed by atoms with van der Waals surface area (Å²) in [6.07, 6.45) is 2.84. The molecule has 0 spiro atoms. The normalized spacial score (nSPS) is 14.7. The average molecular weight is 394 g/mol. The minimum atomic E-state index is 0.194. The van der Waals surface area contributed by atoms with Gasteiger partial charge >= 0.3 is 0 Å². The standard InChI is InChI=1S/C21H32ClN3O2/c1-3-23(4-2)13-12-21(27)25-16-14-24(15-17-25)20(26)7-5-6-18-8-10-19(22)11-9-18/h8-11H,3-7,12-17H2,1-2H3. The lowest BCUT2D eigenvalue weighted by atomic mass is 10.1. The van der Waals surface area contributed by atoms with E-state index in [9.17, 15) is 9.59 Å². The summed E-state index contributed by atoms with van der Waals surface area (Å²) >= 11 is 5.89. The van der Waals surface area contributed by atoms with Crippen LogP contribution in [0.4, 0.5) is 0 Å². The lowest BCUT2D eigenvalue weighted by molar-refractivity contribution is -0.139. The molecular formula is C21H32ClN3O2. The van der Waals surface area contributed by atoms with Crippen LogP contribution in [-0.2, 0) is 16.0 Å². The Morgan fingerprint density at radius 1 is 0.926 bits per heavy atom. The van der Waals surface area contributed by atoms with Crippen molar-refractivity contribution in [3.05, 3.63) is 34.9 Å².